The van der Waals surface area contributed by atoms with E-state index < -0.39 is 5.97 Å². The van der Waals surface area contributed by atoms with Crippen LogP contribution in [0.4, 0.5) is 10.8 Å². The van der Waals surface area contributed by atoms with Crippen molar-refractivity contribution >= 4 is 28.3 Å². The highest BCUT2D eigenvalue weighted by molar-refractivity contribution is 7.11. The maximum atomic E-state index is 11.5. The topological polar surface area (TPSA) is 77.2 Å². The first-order valence-electron chi connectivity index (χ1n) is 5.23. The Balaban J connectivity index is 2.92. The third-order valence-corrected chi connectivity index (χ3v) is 3.22. The highest BCUT2D eigenvalue weighted by Gasteiger charge is 2.21. The first kappa shape index (κ1) is 12.8. The van der Waals surface area contributed by atoms with E-state index in [-0.39, 0.29) is 5.82 Å². The molecule has 0 spiro atoms. The fraction of sp³-hybridized carbons (Fsp3) is 0.600. The Morgan fingerprint density at radius 1 is 1.56 bits per heavy atom. The van der Waals surface area contributed by atoms with Gasteiger partial charge in [0.05, 0.1) is 7.11 Å². The average Bonchev–Trinajstić information content (AvgIpc) is 2.66. The summed E-state index contributed by atoms with van der Waals surface area (Å²) in [7, 11) is 1.33. The number of nitrogens with two attached hydrogens (primary N) is 1. The van der Waals surface area contributed by atoms with Crippen molar-refractivity contribution in [2.24, 2.45) is 0 Å². The number of rotatable bonds is 5. The number of aromatic nitrogens is 1. The predicted octanol–water partition coefficient (Wildman–Crippen LogP) is 2.11. The number of hydrogen-bond donors (Lipinski definition) is 2. The SMILES string of the molecule is CCC(CC)Nc1snc(N)c1C(=O)OC. The standard InChI is InChI=1S/C10H17N3O2S/c1-4-6(5-2)12-9-7(10(14)15-3)8(11)13-16-9/h6,12H,4-5H2,1-3H3,(H2,11,13). The molecule has 0 fully saturated rings. The van der Waals surface area contributed by atoms with E-state index in [1.165, 1.54) is 18.6 Å². The Kier molecular flexibility index (Phi) is 4.54. The van der Waals surface area contributed by atoms with Crippen LogP contribution in [0.1, 0.15) is 37.0 Å². The first-order valence-corrected chi connectivity index (χ1v) is 6.01. The summed E-state index contributed by atoms with van der Waals surface area (Å²) in [6.07, 6.45) is 1.96. The van der Waals surface area contributed by atoms with Crippen LogP contribution in [0, 0.1) is 0 Å². The molecule has 5 nitrogen and oxygen atoms in total. The van der Waals surface area contributed by atoms with Crippen LogP contribution in [-0.4, -0.2) is 23.5 Å². The molecule has 0 aliphatic heterocycles. The molecule has 6 heteroatoms. The lowest BCUT2D eigenvalue weighted by atomic mass is 10.1. The fourth-order valence-electron chi connectivity index (χ4n) is 1.38. The number of hydrogen-bond acceptors (Lipinski definition) is 6. The van der Waals surface area contributed by atoms with Gasteiger partial charge in [0.15, 0.2) is 5.82 Å². The number of ether oxygens (including phenoxy) is 1. The number of methoxy groups -OCH3 is 1. The van der Waals surface area contributed by atoms with Gasteiger partial charge in [0.25, 0.3) is 0 Å². The Hall–Kier alpha value is -1.30. The minimum Gasteiger partial charge on any atom is -0.465 e. The summed E-state index contributed by atoms with van der Waals surface area (Å²) in [5, 5.41) is 3.95. The molecule has 0 unspecified atom stereocenters. The number of nitrogens with zero attached hydrogens (tertiary/aromatic N) is 1. The Morgan fingerprint density at radius 2 is 2.19 bits per heavy atom. The third-order valence-electron chi connectivity index (χ3n) is 2.43. The van der Waals surface area contributed by atoms with E-state index in [9.17, 15) is 4.79 Å². The summed E-state index contributed by atoms with van der Waals surface area (Å²) in [5.74, 6) is -0.218. The number of nitrogens with one attached hydrogen (secondary N) is 1. The van der Waals surface area contributed by atoms with Crippen molar-refractivity contribution in [2.45, 2.75) is 32.7 Å². The molecule has 0 saturated carbocycles. The lowest BCUT2D eigenvalue weighted by Gasteiger charge is -2.14. The van der Waals surface area contributed by atoms with Crippen molar-refractivity contribution < 1.29 is 9.53 Å². The molecule has 1 aromatic heterocycles. The summed E-state index contributed by atoms with van der Waals surface area (Å²) in [5.41, 5.74) is 5.98. The fourth-order valence-corrected chi connectivity index (χ4v) is 2.16. The zero-order valence-corrected chi connectivity index (χ0v) is 10.6. The zero-order chi connectivity index (χ0) is 12.1. The van der Waals surface area contributed by atoms with Crippen molar-refractivity contribution in [3.63, 3.8) is 0 Å². The minimum absolute atomic E-state index is 0.227. The average molecular weight is 243 g/mol. The smallest absolute Gasteiger partial charge is 0.344 e. The molecule has 0 aliphatic rings. The van der Waals surface area contributed by atoms with Gasteiger partial charge >= 0.3 is 5.97 Å². The van der Waals surface area contributed by atoms with Gasteiger partial charge in [0, 0.05) is 6.04 Å². The van der Waals surface area contributed by atoms with Gasteiger partial charge in [-0.15, -0.1) is 0 Å². The largest absolute Gasteiger partial charge is 0.465 e. The lowest BCUT2D eigenvalue weighted by Crippen LogP contribution is -2.18. The maximum absolute atomic E-state index is 11.5. The van der Waals surface area contributed by atoms with E-state index in [0.29, 0.717) is 16.6 Å². The molecular formula is C10H17N3O2S. The Morgan fingerprint density at radius 3 is 2.69 bits per heavy atom. The number of anilines is 2. The minimum atomic E-state index is -0.445. The van der Waals surface area contributed by atoms with E-state index in [0.717, 1.165) is 12.8 Å². The highest BCUT2D eigenvalue weighted by Crippen LogP contribution is 2.28. The predicted molar refractivity (Wildman–Crippen MR) is 65.9 cm³/mol. The van der Waals surface area contributed by atoms with Gasteiger partial charge in [0.1, 0.15) is 10.6 Å². The zero-order valence-electron chi connectivity index (χ0n) is 9.74. The number of nitrogen functional groups attached to an aromatic ring is 1. The van der Waals surface area contributed by atoms with Gasteiger partial charge < -0.3 is 15.8 Å². The Labute approximate surface area is 99.2 Å². The molecule has 3 N–H and O–H groups in total. The second-order valence-corrected chi connectivity index (χ2v) is 4.19. The normalized spacial score (nSPS) is 10.5. The molecule has 0 amide bonds. The monoisotopic (exact) mass is 243 g/mol. The van der Waals surface area contributed by atoms with Crippen LogP contribution >= 0.6 is 11.5 Å². The van der Waals surface area contributed by atoms with Gasteiger partial charge in [-0.2, -0.15) is 4.37 Å². The third kappa shape index (κ3) is 2.63. The van der Waals surface area contributed by atoms with Crippen LogP contribution < -0.4 is 11.1 Å². The van der Waals surface area contributed by atoms with Crippen LogP contribution in [0.15, 0.2) is 0 Å². The second kappa shape index (κ2) is 5.69. The molecule has 0 aromatic carbocycles. The summed E-state index contributed by atoms with van der Waals surface area (Å²) >= 11 is 1.19. The number of carbonyl (C=O) groups excluding carboxylic acids is 1. The van der Waals surface area contributed by atoms with E-state index >= 15 is 0 Å². The van der Waals surface area contributed by atoms with E-state index in [4.69, 9.17) is 5.73 Å². The Bertz CT molecular complexity index is 361. The van der Waals surface area contributed by atoms with Gasteiger partial charge in [-0.3, -0.25) is 0 Å². The second-order valence-electron chi connectivity index (χ2n) is 3.42. The van der Waals surface area contributed by atoms with Crippen molar-refractivity contribution in [3.05, 3.63) is 5.56 Å². The number of esters is 1. The van der Waals surface area contributed by atoms with Crippen molar-refractivity contribution in [3.8, 4) is 0 Å². The molecule has 16 heavy (non-hydrogen) atoms. The molecule has 1 rings (SSSR count). The quantitative estimate of drug-likeness (QED) is 0.774. The summed E-state index contributed by atoms with van der Waals surface area (Å²) in [6, 6.07) is 0.322. The van der Waals surface area contributed by atoms with Crippen molar-refractivity contribution in [1.82, 2.24) is 4.37 Å². The van der Waals surface area contributed by atoms with Crippen LogP contribution in [-0.2, 0) is 4.74 Å². The molecule has 1 heterocycles. The molecule has 0 radical (unpaired) electrons. The molecule has 1 aromatic rings. The first-order chi connectivity index (χ1) is 7.63. The molecule has 0 aliphatic carbocycles. The molecule has 0 saturated heterocycles. The summed E-state index contributed by atoms with van der Waals surface area (Å²) in [6.45, 7) is 4.17. The van der Waals surface area contributed by atoms with Crippen molar-refractivity contribution in [1.29, 1.82) is 0 Å². The molecule has 0 atom stereocenters. The van der Waals surface area contributed by atoms with Crippen LogP contribution in [0.5, 0.6) is 0 Å². The highest BCUT2D eigenvalue weighted by atomic mass is 32.1. The molecule has 0 bridgehead atoms. The van der Waals surface area contributed by atoms with Crippen LogP contribution in [0.25, 0.3) is 0 Å². The van der Waals surface area contributed by atoms with Crippen molar-refractivity contribution in [2.75, 3.05) is 18.2 Å². The van der Waals surface area contributed by atoms with Gasteiger partial charge in [0.2, 0.25) is 0 Å². The van der Waals surface area contributed by atoms with E-state index in [2.05, 4.69) is 28.3 Å². The number of carbonyl (C=O) groups is 1. The van der Waals surface area contributed by atoms with Crippen LogP contribution in [0.3, 0.4) is 0 Å². The van der Waals surface area contributed by atoms with Crippen LogP contribution in [0.2, 0.25) is 0 Å². The summed E-state index contributed by atoms with van der Waals surface area (Å²) < 4.78 is 8.64. The van der Waals surface area contributed by atoms with E-state index in [1.807, 2.05) is 0 Å². The molecule has 90 valence electrons. The van der Waals surface area contributed by atoms with E-state index in [1.54, 1.807) is 0 Å². The lowest BCUT2D eigenvalue weighted by molar-refractivity contribution is 0.0603. The van der Waals surface area contributed by atoms with Gasteiger partial charge in [-0.05, 0) is 24.4 Å². The van der Waals surface area contributed by atoms with Gasteiger partial charge in [-0.25, -0.2) is 4.79 Å². The summed E-state index contributed by atoms with van der Waals surface area (Å²) in [4.78, 5) is 11.5. The van der Waals surface area contributed by atoms with Gasteiger partial charge in [-0.1, -0.05) is 13.8 Å². The maximum Gasteiger partial charge on any atom is 0.344 e. The molecular weight excluding hydrogens is 226 g/mol.